The van der Waals surface area contributed by atoms with Crippen LogP contribution in [0.5, 0.6) is 0 Å². The highest BCUT2D eigenvalue weighted by atomic mass is 79.9. The lowest BCUT2D eigenvalue weighted by atomic mass is 10.1. The third kappa shape index (κ3) is 4.10. The van der Waals surface area contributed by atoms with E-state index in [1.165, 1.54) is 5.56 Å². The summed E-state index contributed by atoms with van der Waals surface area (Å²) >= 11 is 3.45. The standard InChI is InChI=1S/C14H18BrNO2/c15-12-6-1-4-11(10-12)5-2-8-16-14(17)13-7-3-9-18-13/h1,4,6,10,13H,2-3,5,7-9H2,(H,16,17)/t13-/m0/s1. The summed E-state index contributed by atoms with van der Waals surface area (Å²) in [5.41, 5.74) is 1.29. The first-order chi connectivity index (χ1) is 8.75. The van der Waals surface area contributed by atoms with Gasteiger partial charge in [0.25, 0.3) is 0 Å². The Balaban J connectivity index is 1.65. The number of carbonyl (C=O) groups is 1. The molecule has 0 unspecified atom stereocenters. The minimum absolute atomic E-state index is 0.0433. The maximum Gasteiger partial charge on any atom is 0.249 e. The summed E-state index contributed by atoms with van der Waals surface area (Å²) in [4.78, 5) is 11.7. The van der Waals surface area contributed by atoms with Crippen LogP contribution in [0.1, 0.15) is 24.8 Å². The SMILES string of the molecule is O=C(NCCCc1cccc(Br)c1)[C@@H]1CCCO1. The number of halogens is 1. The van der Waals surface area contributed by atoms with Crippen LogP contribution in [-0.2, 0) is 16.0 Å². The van der Waals surface area contributed by atoms with Gasteiger partial charge >= 0.3 is 0 Å². The van der Waals surface area contributed by atoms with Crippen molar-refractivity contribution < 1.29 is 9.53 Å². The van der Waals surface area contributed by atoms with Gasteiger partial charge in [-0.3, -0.25) is 4.79 Å². The van der Waals surface area contributed by atoms with Crippen molar-refractivity contribution in [1.82, 2.24) is 5.32 Å². The normalized spacial score (nSPS) is 18.8. The zero-order valence-electron chi connectivity index (χ0n) is 10.3. The van der Waals surface area contributed by atoms with Crippen LogP contribution >= 0.6 is 15.9 Å². The minimum Gasteiger partial charge on any atom is -0.368 e. The number of benzene rings is 1. The molecular weight excluding hydrogens is 294 g/mol. The molecule has 1 aromatic carbocycles. The summed E-state index contributed by atoms with van der Waals surface area (Å²) in [6, 6.07) is 8.27. The van der Waals surface area contributed by atoms with Gasteiger partial charge in [0.05, 0.1) is 0 Å². The summed E-state index contributed by atoms with van der Waals surface area (Å²) in [5, 5.41) is 2.93. The lowest BCUT2D eigenvalue weighted by Gasteiger charge is -2.10. The van der Waals surface area contributed by atoms with Crippen LogP contribution in [0.25, 0.3) is 0 Å². The molecular formula is C14H18BrNO2. The molecule has 1 aliphatic heterocycles. The van der Waals surface area contributed by atoms with E-state index in [9.17, 15) is 4.79 Å². The lowest BCUT2D eigenvalue weighted by Crippen LogP contribution is -2.34. The predicted molar refractivity (Wildman–Crippen MR) is 74.4 cm³/mol. The smallest absolute Gasteiger partial charge is 0.249 e. The number of carbonyl (C=O) groups excluding carboxylic acids is 1. The Morgan fingerprint density at radius 2 is 2.39 bits per heavy atom. The molecule has 1 aromatic rings. The Morgan fingerprint density at radius 1 is 1.50 bits per heavy atom. The second-order valence-corrected chi connectivity index (χ2v) is 5.44. The van der Waals surface area contributed by atoms with E-state index in [1.807, 2.05) is 12.1 Å². The molecule has 98 valence electrons. The van der Waals surface area contributed by atoms with Crippen LogP contribution < -0.4 is 5.32 Å². The number of hydrogen-bond donors (Lipinski definition) is 1. The second-order valence-electron chi connectivity index (χ2n) is 4.53. The van der Waals surface area contributed by atoms with Crippen LogP contribution in [0.2, 0.25) is 0 Å². The van der Waals surface area contributed by atoms with Gasteiger partial charge in [0.2, 0.25) is 5.91 Å². The van der Waals surface area contributed by atoms with Crippen LogP contribution in [0.4, 0.5) is 0 Å². The second kappa shape index (κ2) is 6.90. The lowest BCUT2D eigenvalue weighted by molar-refractivity contribution is -0.130. The minimum atomic E-state index is -0.212. The van der Waals surface area contributed by atoms with Crippen molar-refractivity contribution in [2.75, 3.05) is 13.2 Å². The van der Waals surface area contributed by atoms with E-state index in [0.717, 1.165) is 36.8 Å². The number of nitrogens with one attached hydrogen (secondary N) is 1. The molecule has 4 heteroatoms. The third-order valence-electron chi connectivity index (χ3n) is 3.05. The van der Waals surface area contributed by atoms with Gasteiger partial charge in [-0.25, -0.2) is 0 Å². The van der Waals surface area contributed by atoms with E-state index >= 15 is 0 Å². The first-order valence-corrected chi connectivity index (χ1v) is 7.19. The third-order valence-corrected chi connectivity index (χ3v) is 3.55. The van der Waals surface area contributed by atoms with E-state index < -0.39 is 0 Å². The van der Waals surface area contributed by atoms with Crippen molar-refractivity contribution in [3.63, 3.8) is 0 Å². The van der Waals surface area contributed by atoms with Crippen LogP contribution in [0, 0.1) is 0 Å². The highest BCUT2D eigenvalue weighted by molar-refractivity contribution is 9.10. The van der Waals surface area contributed by atoms with Gasteiger partial charge in [0.15, 0.2) is 0 Å². The van der Waals surface area contributed by atoms with E-state index in [2.05, 4.69) is 33.4 Å². The van der Waals surface area contributed by atoms with Crippen molar-refractivity contribution in [2.24, 2.45) is 0 Å². The fraction of sp³-hybridized carbons (Fsp3) is 0.500. The quantitative estimate of drug-likeness (QED) is 0.849. The Kier molecular flexibility index (Phi) is 5.20. The molecule has 1 saturated heterocycles. The van der Waals surface area contributed by atoms with Crippen molar-refractivity contribution in [2.45, 2.75) is 31.8 Å². The molecule has 18 heavy (non-hydrogen) atoms. The van der Waals surface area contributed by atoms with Crippen molar-refractivity contribution in [3.8, 4) is 0 Å². The van der Waals surface area contributed by atoms with E-state index in [0.29, 0.717) is 6.54 Å². The van der Waals surface area contributed by atoms with Gasteiger partial charge in [0, 0.05) is 17.6 Å². The zero-order chi connectivity index (χ0) is 12.8. The Bertz CT molecular complexity index is 403. The molecule has 0 radical (unpaired) electrons. The Labute approximate surface area is 116 Å². The average Bonchev–Trinajstić information content (AvgIpc) is 2.88. The van der Waals surface area contributed by atoms with Gasteiger partial charge in [-0.1, -0.05) is 28.1 Å². The van der Waals surface area contributed by atoms with Crippen LogP contribution in [0.3, 0.4) is 0 Å². The highest BCUT2D eigenvalue weighted by Crippen LogP contribution is 2.13. The van der Waals surface area contributed by atoms with Crippen LogP contribution in [-0.4, -0.2) is 25.2 Å². The Morgan fingerprint density at radius 3 is 3.11 bits per heavy atom. The van der Waals surface area contributed by atoms with Crippen molar-refractivity contribution >= 4 is 21.8 Å². The summed E-state index contributed by atoms with van der Waals surface area (Å²) in [5.74, 6) is 0.0433. The molecule has 2 rings (SSSR count). The topological polar surface area (TPSA) is 38.3 Å². The molecule has 0 aliphatic carbocycles. The fourth-order valence-corrected chi connectivity index (χ4v) is 2.54. The van der Waals surface area contributed by atoms with Gasteiger partial charge in [0.1, 0.15) is 6.10 Å². The molecule has 1 amide bonds. The Hall–Kier alpha value is -0.870. The number of rotatable bonds is 5. The molecule has 0 saturated carbocycles. The molecule has 0 aromatic heterocycles. The zero-order valence-corrected chi connectivity index (χ0v) is 11.9. The maximum atomic E-state index is 11.7. The van der Waals surface area contributed by atoms with Gasteiger partial charge in [-0.2, -0.15) is 0 Å². The molecule has 0 spiro atoms. The maximum absolute atomic E-state index is 11.7. The predicted octanol–water partition coefficient (Wildman–Crippen LogP) is 2.68. The molecule has 0 bridgehead atoms. The first kappa shape index (κ1) is 13.6. The van der Waals surface area contributed by atoms with Gasteiger partial charge < -0.3 is 10.1 Å². The molecule has 1 aliphatic rings. The van der Waals surface area contributed by atoms with E-state index in [-0.39, 0.29) is 12.0 Å². The van der Waals surface area contributed by atoms with Crippen molar-refractivity contribution in [3.05, 3.63) is 34.3 Å². The molecule has 1 fully saturated rings. The van der Waals surface area contributed by atoms with Gasteiger partial charge in [-0.15, -0.1) is 0 Å². The summed E-state index contributed by atoms with van der Waals surface area (Å²) in [6.07, 6.45) is 3.57. The largest absolute Gasteiger partial charge is 0.368 e. The monoisotopic (exact) mass is 311 g/mol. The molecule has 3 nitrogen and oxygen atoms in total. The molecule has 1 heterocycles. The van der Waals surface area contributed by atoms with E-state index in [1.54, 1.807) is 0 Å². The average molecular weight is 312 g/mol. The van der Waals surface area contributed by atoms with Gasteiger partial charge in [-0.05, 0) is 43.4 Å². The van der Waals surface area contributed by atoms with E-state index in [4.69, 9.17) is 4.74 Å². The number of aryl methyl sites for hydroxylation is 1. The fourth-order valence-electron chi connectivity index (χ4n) is 2.09. The van der Waals surface area contributed by atoms with Crippen molar-refractivity contribution in [1.29, 1.82) is 0 Å². The molecule has 1 N–H and O–H groups in total. The highest BCUT2D eigenvalue weighted by Gasteiger charge is 2.22. The summed E-state index contributed by atoms with van der Waals surface area (Å²) in [7, 11) is 0. The summed E-state index contributed by atoms with van der Waals surface area (Å²) in [6.45, 7) is 1.43. The van der Waals surface area contributed by atoms with Crippen LogP contribution in [0.15, 0.2) is 28.7 Å². The summed E-state index contributed by atoms with van der Waals surface area (Å²) < 4.78 is 6.43. The first-order valence-electron chi connectivity index (χ1n) is 6.39. The number of hydrogen-bond acceptors (Lipinski definition) is 2. The number of ether oxygens (including phenoxy) is 1. The molecule has 1 atom stereocenters. The number of amides is 1.